The van der Waals surface area contributed by atoms with Gasteiger partial charge in [0.2, 0.25) is 5.91 Å². The van der Waals surface area contributed by atoms with Gasteiger partial charge in [-0.05, 0) is 73.2 Å². The number of carbonyl (C=O) groups excluding carboxylic acids is 2. The highest BCUT2D eigenvalue weighted by Crippen LogP contribution is 2.37. The highest BCUT2D eigenvalue weighted by Gasteiger charge is 2.33. The second-order valence-electron chi connectivity index (χ2n) is 11.5. The van der Waals surface area contributed by atoms with Crippen molar-refractivity contribution in [2.45, 2.75) is 45.3 Å². The Balaban J connectivity index is 1.21. The molecule has 1 aliphatic rings. The monoisotopic (exact) mass is 684 g/mol. The number of rotatable bonds is 12. The lowest BCUT2D eigenvalue weighted by Gasteiger charge is -2.31. The smallest absolute Gasteiger partial charge is 0.416 e. The van der Waals surface area contributed by atoms with Crippen LogP contribution in [-0.4, -0.2) is 60.0 Å². The van der Waals surface area contributed by atoms with E-state index < -0.39 is 33.5 Å². The second kappa shape index (κ2) is 14.6. The van der Waals surface area contributed by atoms with Gasteiger partial charge in [-0.25, -0.2) is 0 Å². The third-order valence-electron chi connectivity index (χ3n) is 8.06. The first kappa shape index (κ1) is 34.6. The molecule has 2 N–H and O–H groups in total. The minimum atomic E-state index is -4.47. The number of ether oxygens (including phenoxy) is 1. The Kier molecular flexibility index (Phi) is 10.5. The van der Waals surface area contributed by atoms with Crippen molar-refractivity contribution in [1.29, 1.82) is 0 Å². The summed E-state index contributed by atoms with van der Waals surface area (Å²) in [5.74, 6) is -0.979. The zero-order valence-electron chi connectivity index (χ0n) is 26.2. The van der Waals surface area contributed by atoms with Crippen LogP contribution in [0.3, 0.4) is 0 Å². The normalized spacial score (nSPS) is 13.2. The highest BCUT2D eigenvalue weighted by molar-refractivity contribution is 7.85. The molecular weight excluding hydrogens is 649 g/mol. The standard InChI is InChI=1S/C34H35F3N4O6S/c1-23-29(34(35,36)37)11-4-13-31(23)47-17-6-14-32(42)41-16-5-10-28-27(9-3-12-30(28)41)26-20-39-40(22-26)21-24-7-2-8-25(19-24)33(43)38-15-18-48(44,45)46/h2-4,7-9,11-13,19-20,22H,5-6,10,14-18,21H2,1H3,(H,38,43)(H,44,45,46). The van der Waals surface area contributed by atoms with Crippen LogP contribution < -0.4 is 15.0 Å². The van der Waals surface area contributed by atoms with Crippen LogP contribution in [0.5, 0.6) is 5.75 Å². The van der Waals surface area contributed by atoms with E-state index in [1.807, 2.05) is 30.5 Å². The summed E-state index contributed by atoms with van der Waals surface area (Å²) in [6.07, 6.45) is 1.23. The molecule has 4 aromatic rings. The van der Waals surface area contributed by atoms with E-state index in [1.54, 1.807) is 34.0 Å². The third kappa shape index (κ3) is 8.61. The van der Waals surface area contributed by atoms with E-state index >= 15 is 0 Å². The number of carbonyl (C=O) groups is 2. The van der Waals surface area contributed by atoms with Gasteiger partial charge in [-0.2, -0.15) is 26.7 Å². The van der Waals surface area contributed by atoms with E-state index in [2.05, 4.69) is 10.4 Å². The fourth-order valence-electron chi connectivity index (χ4n) is 5.76. The van der Waals surface area contributed by atoms with Crippen LogP contribution in [0, 0.1) is 6.92 Å². The largest absolute Gasteiger partial charge is 0.493 e. The quantitative estimate of drug-likeness (QED) is 0.145. The Bertz CT molecular complexity index is 1910. The van der Waals surface area contributed by atoms with Gasteiger partial charge in [0, 0.05) is 48.1 Å². The molecule has 1 aromatic heterocycles. The maximum atomic E-state index is 13.3. The fourth-order valence-corrected chi connectivity index (χ4v) is 6.12. The number of anilines is 1. The topological polar surface area (TPSA) is 131 Å². The van der Waals surface area contributed by atoms with Gasteiger partial charge in [-0.3, -0.25) is 18.8 Å². The molecule has 48 heavy (non-hydrogen) atoms. The first-order valence-electron chi connectivity index (χ1n) is 15.4. The third-order valence-corrected chi connectivity index (χ3v) is 8.78. The molecule has 254 valence electrons. The number of benzene rings is 3. The van der Waals surface area contributed by atoms with Gasteiger partial charge >= 0.3 is 6.18 Å². The van der Waals surface area contributed by atoms with Crippen molar-refractivity contribution in [2.24, 2.45) is 0 Å². The van der Waals surface area contributed by atoms with Gasteiger partial charge in [-0.15, -0.1) is 0 Å². The number of nitrogens with one attached hydrogen (secondary N) is 1. The second-order valence-corrected chi connectivity index (χ2v) is 13.1. The Morgan fingerprint density at radius 1 is 1.08 bits per heavy atom. The molecular formula is C34H35F3N4O6S. The molecule has 2 heterocycles. The predicted octanol–water partition coefficient (Wildman–Crippen LogP) is 5.68. The summed E-state index contributed by atoms with van der Waals surface area (Å²) in [6, 6.07) is 16.5. The molecule has 0 fully saturated rings. The number of aromatic nitrogens is 2. The van der Waals surface area contributed by atoms with Crippen molar-refractivity contribution in [2.75, 3.05) is 30.3 Å². The molecule has 5 rings (SSSR count). The Labute approximate surface area is 276 Å². The molecule has 10 nitrogen and oxygen atoms in total. The number of hydrogen-bond acceptors (Lipinski definition) is 6. The molecule has 0 atom stereocenters. The van der Waals surface area contributed by atoms with Crippen molar-refractivity contribution in [3.8, 4) is 16.9 Å². The lowest BCUT2D eigenvalue weighted by atomic mass is 9.93. The van der Waals surface area contributed by atoms with Crippen LogP contribution >= 0.6 is 0 Å². The molecule has 14 heteroatoms. The lowest BCUT2D eigenvalue weighted by Crippen LogP contribution is -2.35. The van der Waals surface area contributed by atoms with Crippen LogP contribution in [0.4, 0.5) is 18.9 Å². The lowest BCUT2D eigenvalue weighted by molar-refractivity contribution is -0.138. The average molecular weight is 685 g/mol. The summed E-state index contributed by atoms with van der Waals surface area (Å²) in [6.45, 7) is 2.19. The summed E-state index contributed by atoms with van der Waals surface area (Å²) in [5, 5.41) is 6.98. The maximum absolute atomic E-state index is 13.3. The van der Waals surface area contributed by atoms with Crippen molar-refractivity contribution in [3.63, 3.8) is 0 Å². The van der Waals surface area contributed by atoms with Gasteiger partial charge in [0.1, 0.15) is 5.75 Å². The number of amides is 2. The average Bonchev–Trinajstić information content (AvgIpc) is 3.50. The van der Waals surface area contributed by atoms with Gasteiger partial charge in [0.25, 0.3) is 16.0 Å². The van der Waals surface area contributed by atoms with Crippen molar-refractivity contribution in [3.05, 3.63) is 101 Å². The van der Waals surface area contributed by atoms with E-state index in [9.17, 15) is 31.2 Å². The van der Waals surface area contributed by atoms with Crippen LogP contribution in [-0.2, 0) is 34.1 Å². The SMILES string of the molecule is Cc1c(OCCCC(=O)N2CCCc3c(-c4cnn(Cc5cccc(C(=O)NCCS(=O)(=O)O)c5)c4)cccc32)cccc1C(F)(F)F. The zero-order chi connectivity index (χ0) is 34.5. The molecule has 0 unspecified atom stereocenters. The van der Waals surface area contributed by atoms with Gasteiger partial charge < -0.3 is 15.0 Å². The van der Waals surface area contributed by atoms with E-state index in [-0.39, 0.29) is 36.8 Å². The summed E-state index contributed by atoms with van der Waals surface area (Å²) in [4.78, 5) is 27.5. The molecule has 1 aliphatic heterocycles. The minimum absolute atomic E-state index is 0.0181. The first-order chi connectivity index (χ1) is 22.8. The van der Waals surface area contributed by atoms with Crippen LogP contribution in [0.2, 0.25) is 0 Å². The molecule has 0 aliphatic carbocycles. The number of nitrogens with zero attached hydrogens (tertiary/aromatic N) is 3. The molecule has 0 saturated carbocycles. The minimum Gasteiger partial charge on any atom is -0.493 e. The molecule has 0 spiro atoms. The molecule has 3 aromatic carbocycles. The summed E-state index contributed by atoms with van der Waals surface area (Å²) < 4.78 is 77.7. The summed E-state index contributed by atoms with van der Waals surface area (Å²) in [7, 11) is -4.18. The van der Waals surface area contributed by atoms with Crippen LogP contribution in [0.25, 0.3) is 11.1 Å². The number of hydrogen-bond donors (Lipinski definition) is 2. The Morgan fingerprint density at radius 3 is 2.62 bits per heavy atom. The number of fused-ring (bicyclic) bond motifs is 1. The van der Waals surface area contributed by atoms with Gasteiger partial charge in [0.15, 0.2) is 0 Å². The maximum Gasteiger partial charge on any atom is 0.416 e. The van der Waals surface area contributed by atoms with Crippen LogP contribution in [0.15, 0.2) is 73.1 Å². The highest BCUT2D eigenvalue weighted by atomic mass is 32.2. The summed E-state index contributed by atoms with van der Waals surface area (Å²) >= 11 is 0. The molecule has 0 bridgehead atoms. The number of halogens is 3. The molecule has 2 amide bonds. The van der Waals surface area contributed by atoms with Gasteiger partial charge in [0.05, 0.1) is 30.7 Å². The molecule has 0 saturated heterocycles. The first-order valence-corrected chi connectivity index (χ1v) is 17.0. The number of alkyl halides is 3. The van der Waals surface area contributed by atoms with E-state index in [4.69, 9.17) is 9.29 Å². The zero-order valence-corrected chi connectivity index (χ0v) is 27.0. The molecule has 0 radical (unpaired) electrons. The Hall–Kier alpha value is -4.69. The van der Waals surface area contributed by atoms with E-state index in [0.717, 1.165) is 46.8 Å². The van der Waals surface area contributed by atoms with Crippen molar-refractivity contribution < 1.29 is 40.5 Å². The van der Waals surface area contributed by atoms with Crippen LogP contribution in [0.1, 0.15) is 51.9 Å². The Morgan fingerprint density at radius 2 is 1.85 bits per heavy atom. The van der Waals surface area contributed by atoms with E-state index in [0.29, 0.717) is 25.1 Å². The fraction of sp³-hybridized carbons (Fsp3) is 0.324. The van der Waals surface area contributed by atoms with Gasteiger partial charge in [-0.1, -0.05) is 30.3 Å². The van der Waals surface area contributed by atoms with Crippen molar-refractivity contribution in [1.82, 2.24) is 15.1 Å². The van der Waals surface area contributed by atoms with Crippen molar-refractivity contribution >= 4 is 27.6 Å². The summed E-state index contributed by atoms with van der Waals surface area (Å²) in [5.41, 5.74) is 4.08. The predicted molar refractivity (Wildman–Crippen MR) is 174 cm³/mol. The van der Waals surface area contributed by atoms with E-state index in [1.165, 1.54) is 19.1 Å².